The summed E-state index contributed by atoms with van der Waals surface area (Å²) in [5, 5.41) is 0.289. The minimum absolute atomic E-state index is 0.0163. The summed E-state index contributed by atoms with van der Waals surface area (Å²) >= 11 is 6.12. The van der Waals surface area contributed by atoms with Gasteiger partial charge in [0.15, 0.2) is 11.5 Å². The van der Waals surface area contributed by atoms with Gasteiger partial charge in [-0.15, -0.1) is 0 Å². The normalized spacial score (nSPS) is 12.8. The minimum Gasteiger partial charge on any atom is -0.453 e. The Hall–Kier alpha value is -2.27. The summed E-state index contributed by atoms with van der Waals surface area (Å²) < 4.78 is 25.0. The van der Waals surface area contributed by atoms with Gasteiger partial charge in [0.1, 0.15) is 5.82 Å². The third-order valence-electron chi connectivity index (χ3n) is 3.33. The fourth-order valence-corrected chi connectivity index (χ4v) is 2.53. The van der Waals surface area contributed by atoms with E-state index in [1.54, 1.807) is 31.2 Å². The molecule has 0 saturated heterocycles. The number of anilines is 1. The highest BCUT2D eigenvalue weighted by Crippen LogP contribution is 2.43. The fourth-order valence-electron chi connectivity index (χ4n) is 2.32. The summed E-state index contributed by atoms with van der Waals surface area (Å²) in [6.45, 7) is 1.92. The van der Waals surface area contributed by atoms with Crippen LogP contribution in [0.4, 0.5) is 14.9 Å². The third kappa shape index (κ3) is 2.48. The van der Waals surface area contributed by atoms with Gasteiger partial charge in [-0.05, 0) is 31.2 Å². The van der Waals surface area contributed by atoms with E-state index >= 15 is 0 Å². The summed E-state index contributed by atoms with van der Waals surface area (Å²) in [5.41, 5.74) is 0.726. The van der Waals surface area contributed by atoms with Crippen LogP contribution in [-0.4, -0.2) is 12.7 Å². The number of hydrogen-bond donors (Lipinski definition) is 0. The Morgan fingerprint density at radius 1 is 1.36 bits per heavy atom. The van der Waals surface area contributed by atoms with E-state index in [0.717, 1.165) is 0 Å². The van der Waals surface area contributed by atoms with Gasteiger partial charge in [-0.25, -0.2) is 9.18 Å². The van der Waals surface area contributed by atoms with E-state index in [2.05, 4.69) is 0 Å². The monoisotopic (exact) mass is 321 g/mol. The number of nitrogens with zero attached hydrogens (tertiary/aromatic N) is 1. The second-order valence-corrected chi connectivity index (χ2v) is 5.10. The van der Waals surface area contributed by atoms with Crippen LogP contribution in [0.5, 0.6) is 11.5 Å². The van der Waals surface area contributed by atoms with E-state index in [1.165, 1.54) is 17.0 Å². The number of ether oxygens (including phenoxy) is 2. The molecule has 3 rings (SSSR count). The maximum Gasteiger partial charge on any atom is 0.414 e. The average Bonchev–Trinajstić information content (AvgIpc) is 2.69. The van der Waals surface area contributed by atoms with Gasteiger partial charge >= 0.3 is 6.09 Å². The molecule has 0 aliphatic carbocycles. The van der Waals surface area contributed by atoms with Gasteiger partial charge in [0.2, 0.25) is 0 Å². The highest BCUT2D eigenvalue weighted by Gasteiger charge is 2.29. The van der Waals surface area contributed by atoms with Crippen LogP contribution in [0.1, 0.15) is 12.5 Å². The number of fused-ring (bicyclic) bond motifs is 2. The Bertz CT molecular complexity index is 735. The van der Waals surface area contributed by atoms with Gasteiger partial charge in [-0.2, -0.15) is 0 Å². The summed E-state index contributed by atoms with van der Waals surface area (Å²) in [6, 6.07) is 9.62. The molecule has 1 aliphatic heterocycles. The largest absolute Gasteiger partial charge is 0.453 e. The average molecular weight is 322 g/mol. The molecule has 0 saturated carbocycles. The Labute approximate surface area is 132 Å². The van der Waals surface area contributed by atoms with E-state index < -0.39 is 11.9 Å². The van der Waals surface area contributed by atoms with Gasteiger partial charge in [0.05, 0.1) is 29.4 Å². The van der Waals surface area contributed by atoms with E-state index in [-0.39, 0.29) is 29.5 Å². The molecule has 6 heteroatoms. The SMILES string of the molecule is CCOC(=O)N1Cc2c(F)ccc(Cl)c2Oc2ccccc21. The smallest absolute Gasteiger partial charge is 0.414 e. The third-order valence-corrected chi connectivity index (χ3v) is 3.63. The predicted octanol–water partition coefficient (Wildman–Crippen LogP) is 4.75. The van der Waals surface area contributed by atoms with Gasteiger partial charge in [0.25, 0.3) is 0 Å². The molecule has 1 heterocycles. The van der Waals surface area contributed by atoms with Crippen molar-refractivity contribution in [2.75, 3.05) is 11.5 Å². The number of carbonyl (C=O) groups excluding carboxylic acids is 1. The quantitative estimate of drug-likeness (QED) is 0.761. The Morgan fingerprint density at radius 2 is 2.14 bits per heavy atom. The molecule has 1 amide bonds. The number of halogens is 2. The van der Waals surface area contributed by atoms with E-state index in [9.17, 15) is 9.18 Å². The minimum atomic E-state index is -0.564. The zero-order valence-electron chi connectivity index (χ0n) is 11.8. The Kier molecular flexibility index (Phi) is 3.90. The van der Waals surface area contributed by atoms with Crippen LogP contribution in [-0.2, 0) is 11.3 Å². The second kappa shape index (κ2) is 5.85. The molecule has 0 fully saturated rings. The highest BCUT2D eigenvalue weighted by atomic mass is 35.5. The van der Waals surface area contributed by atoms with Crippen LogP contribution in [0.2, 0.25) is 5.02 Å². The number of carbonyl (C=O) groups is 1. The van der Waals surface area contributed by atoms with Crippen molar-refractivity contribution in [1.82, 2.24) is 0 Å². The molecule has 0 aromatic heterocycles. The first-order valence-corrected chi connectivity index (χ1v) is 7.17. The van der Waals surface area contributed by atoms with E-state index in [1.807, 2.05) is 0 Å². The first kappa shape index (κ1) is 14.7. The molecule has 4 nitrogen and oxygen atoms in total. The molecule has 1 aliphatic rings. The molecular formula is C16H13ClFNO3. The van der Waals surface area contributed by atoms with Crippen LogP contribution >= 0.6 is 11.6 Å². The lowest BCUT2D eigenvalue weighted by atomic mass is 10.1. The van der Waals surface area contributed by atoms with Crippen LogP contribution in [0.15, 0.2) is 36.4 Å². The maximum atomic E-state index is 14.2. The van der Waals surface area contributed by atoms with Crippen molar-refractivity contribution in [3.63, 3.8) is 0 Å². The molecule has 0 N–H and O–H groups in total. The summed E-state index contributed by atoms with van der Waals surface area (Å²) in [7, 11) is 0. The Morgan fingerprint density at radius 3 is 2.91 bits per heavy atom. The zero-order valence-corrected chi connectivity index (χ0v) is 12.6. The highest BCUT2D eigenvalue weighted by molar-refractivity contribution is 6.32. The molecule has 0 unspecified atom stereocenters. The summed E-state index contributed by atoms with van der Waals surface area (Å²) in [5.74, 6) is 0.157. The lowest BCUT2D eigenvalue weighted by molar-refractivity contribution is 0.159. The molecule has 22 heavy (non-hydrogen) atoms. The van der Waals surface area contributed by atoms with Crippen molar-refractivity contribution >= 4 is 23.4 Å². The van der Waals surface area contributed by atoms with Crippen LogP contribution in [0.3, 0.4) is 0 Å². The first-order valence-electron chi connectivity index (χ1n) is 6.80. The molecular weight excluding hydrogens is 309 g/mol. The molecule has 2 aromatic rings. The second-order valence-electron chi connectivity index (χ2n) is 4.69. The van der Waals surface area contributed by atoms with E-state index in [0.29, 0.717) is 11.4 Å². The number of hydrogen-bond acceptors (Lipinski definition) is 3. The van der Waals surface area contributed by atoms with Crippen molar-refractivity contribution in [1.29, 1.82) is 0 Å². The predicted molar refractivity (Wildman–Crippen MR) is 81.1 cm³/mol. The summed E-state index contributed by atoms with van der Waals surface area (Å²) in [6.07, 6.45) is -0.564. The Balaban J connectivity index is 2.16. The zero-order chi connectivity index (χ0) is 15.7. The van der Waals surface area contributed by atoms with Crippen molar-refractivity contribution < 1.29 is 18.7 Å². The van der Waals surface area contributed by atoms with Gasteiger partial charge in [0, 0.05) is 0 Å². The van der Waals surface area contributed by atoms with Crippen LogP contribution in [0, 0.1) is 5.82 Å². The maximum absolute atomic E-state index is 14.2. The number of benzene rings is 2. The van der Waals surface area contributed by atoms with E-state index in [4.69, 9.17) is 21.1 Å². The summed E-state index contributed by atoms with van der Waals surface area (Å²) in [4.78, 5) is 13.5. The standard InChI is InChI=1S/C16H13ClFNO3/c1-2-21-16(20)19-9-10-12(18)8-7-11(17)15(10)22-14-6-4-3-5-13(14)19/h3-8H,2,9H2,1H3. The molecule has 0 radical (unpaired) electrons. The van der Waals surface area contributed by atoms with Gasteiger partial charge in [-0.3, -0.25) is 4.90 Å². The molecule has 114 valence electrons. The van der Waals surface area contributed by atoms with Crippen LogP contribution in [0.25, 0.3) is 0 Å². The van der Waals surface area contributed by atoms with Crippen molar-refractivity contribution in [3.8, 4) is 11.5 Å². The number of rotatable bonds is 1. The number of amides is 1. The van der Waals surface area contributed by atoms with Gasteiger partial charge in [-0.1, -0.05) is 23.7 Å². The molecule has 2 aromatic carbocycles. The molecule has 0 bridgehead atoms. The van der Waals surface area contributed by atoms with Crippen molar-refractivity contribution in [2.45, 2.75) is 13.5 Å². The fraction of sp³-hybridized carbons (Fsp3) is 0.188. The van der Waals surface area contributed by atoms with Gasteiger partial charge < -0.3 is 9.47 Å². The molecule has 0 spiro atoms. The topological polar surface area (TPSA) is 38.8 Å². The van der Waals surface area contributed by atoms with Crippen molar-refractivity contribution in [3.05, 3.63) is 52.8 Å². The first-order chi connectivity index (χ1) is 10.6. The molecule has 0 atom stereocenters. The lowest BCUT2D eigenvalue weighted by Gasteiger charge is -2.21. The van der Waals surface area contributed by atoms with Crippen molar-refractivity contribution in [2.24, 2.45) is 0 Å². The lowest BCUT2D eigenvalue weighted by Crippen LogP contribution is -2.30. The number of para-hydroxylation sites is 2. The van der Waals surface area contributed by atoms with Crippen LogP contribution < -0.4 is 9.64 Å².